The molecular weight excluding hydrogens is 320 g/mol. The largest absolute Gasteiger partial charge is 0.434 e. The number of nitro groups is 1. The molecule has 0 aliphatic rings. The quantitative estimate of drug-likeness (QED) is 0.553. The molecule has 19 heavy (non-hydrogen) atoms. The maximum Gasteiger partial charge on any atom is 0.434 e. The van der Waals surface area contributed by atoms with Crippen LogP contribution in [0.2, 0.25) is 0 Å². The van der Waals surface area contributed by atoms with Crippen molar-refractivity contribution in [3.63, 3.8) is 0 Å². The van der Waals surface area contributed by atoms with Gasteiger partial charge in [0.25, 0.3) is 11.6 Å². The Kier molecular flexibility index (Phi) is 2.49. The van der Waals surface area contributed by atoms with E-state index in [4.69, 9.17) is 4.42 Å². The maximum atomic E-state index is 11.0. The van der Waals surface area contributed by atoms with E-state index < -0.39 is 10.7 Å². The van der Waals surface area contributed by atoms with Crippen molar-refractivity contribution in [2.24, 2.45) is 0 Å². The molecule has 1 aromatic carbocycles. The van der Waals surface area contributed by atoms with Crippen LogP contribution in [0.25, 0.3) is 22.4 Å². The van der Waals surface area contributed by atoms with Crippen LogP contribution in [0.3, 0.4) is 0 Å². The van der Waals surface area contributed by atoms with Crippen molar-refractivity contribution in [2.75, 3.05) is 0 Å². The summed E-state index contributed by atoms with van der Waals surface area (Å²) in [5, 5.41) is 17.4. The van der Waals surface area contributed by atoms with Gasteiger partial charge in [0.05, 0.1) is 10.5 Å². The summed E-state index contributed by atoms with van der Waals surface area (Å²) in [4.78, 5) is 24.2. The Morgan fingerprint density at radius 3 is 2.84 bits per heavy atom. The highest BCUT2D eigenvalue weighted by Crippen LogP contribution is 2.34. The highest BCUT2D eigenvalue weighted by atomic mass is 79.9. The summed E-state index contributed by atoms with van der Waals surface area (Å²) >= 11 is 3.21. The van der Waals surface area contributed by atoms with Crippen LogP contribution in [-0.4, -0.2) is 20.1 Å². The molecule has 0 aliphatic heterocycles. The number of aromatic nitrogens is 3. The van der Waals surface area contributed by atoms with Gasteiger partial charge in [-0.25, -0.2) is 9.89 Å². The zero-order chi connectivity index (χ0) is 13.6. The number of fused-ring (bicyclic) bond motifs is 1. The van der Waals surface area contributed by atoms with Crippen LogP contribution in [0.1, 0.15) is 0 Å². The molecule has 8 nitrogen and oxygen atoms in total. The number of halogens is 1. The molecule has 0 spiro atoms. The topological polar surface area (TPSA) is 118 Å². The Bertz CT molecular complexity index is 847. The Morgan fingerprint density at radius 2 is 2.21 bits per heavy atom. The molecule has 3 aromatic rings. The van der Waals surface area contributed by atoms with E-state index in [0.29, 0.717) is 20.9 Å². The number of benzene rings is 1. The van der Waals surface area contributed by atoms with E-state index in [-0.39, 0.29) is 11.6 Å². The second-order valence-corrected chi connectivity index (χ2v) is 4.64. The molecule has 2 aromatic heterocycles. The zero-order valence-electron chi connectivity index (χ0n) is 9.14. The lowest BCUT2D eigenvalue weighted by Gasteiger charge is -1.97. The third-order valence-electron chi connectivity index (χ3n) is 2.60. The third kappa shape index (κ3) is 1.83. The molecule has 2 heterocycles. The number of hydrogen-bond acceptors (Lipinski definition) is 5. The molecule has 0 aliphatic carbocycles. The molecule has 0 bridgehead atoms. The Morgan fingerprint density at radius 1 is 1.42 bits per heavy atom. The van der Waals surface area contributed by atoms with Gasteiger partial charge in [0, 0.05) is 22.1 Å². The molecule has 0 fully saturated rings. The first kappa shape index (κ1) is 11.7. The van der Waals surface area contributed by atoms with Gasteiger partial charge in [0.2, 0.25) is 0 Å². The standard InChI is InChI=1S/C10H5BrN4O4/c11-4-1-5-6(9-13-14-10(16)19-9)3-12-8(5)7(2-4)15(17)18/h1-3,12H,(H,14,16). The summed E-state index contributed by atoms with van der Waals surface area (Å²) < 4.78 is 5.40. The lowest BCUT2D eigenvalue weighted by Crippen LogP contribution is -1.93. The Balaban J connectivity index is 2.34. The smallest absolute Gasteiger partial charge is 0.388 e. The van der Waals surface area contributed by atoms with E-state index in [0.717, 1.165) is 0 Å². The summed E-state index contributed by atoms with van der Waals surface area (Å²) in [5.74, 6) is -0.613. The number of H-pyrrole nitrogens is 2. The lowest BCUT2D eigenvalue weighted by molar-refractivity contribution is -0.383. The highest BCUT2D eigenvalue weighted by Gasteiger charge is 2.19. The molecule has 96 valence electrons. The van der Waals surface area contributed by atoms with Crippen LogP contribution < -0.4 is 5.76 Å². The van der Waals surface area contributed by atoms with Crippen molar-refractivity contribution in [1.82, 2.24) is 15.2 Å². The van der Waals surface area contributed by atoms with Gasteiger partial charge in [0.1, 0.15) is 5.52 Å². The van der Waals surface area contributed by atoms with Gasteiger partial charge in [-0.3, -0.25) is 10.1 Å². The fraction of sp³-hybridized carbons (Fsp3) is 0. The van der Waals surface area contributed by atoms with Crippen molar-refractivity contribution < 1.29 is 9.34 Å². The minimum atomic E-state index is -0.686. The second kappa shape index (κ2) is 4.05. The number of rotatable bonds is 2. The number of nitro benzene ring substituents is 1. The van der Waals surface area contributed by atoms with Crippen LogP contribution in [0.4, 0.5) is 5.69 Å². The van der Waals surface area contributed by atoms with Crippen LogP contribution >= 0.6 is 15.9 Å². The molecule has 9 heteroatoms. The van der Waals surface area contributed by atoms with E-state index in [1.807, 2.05) is 0 Å². The number of nitrogens with one attached hydrogen (secondary N) is 2. The van der Waals surface area contributed by atoms with Crippen LogP contribution in [-0.2, 0) is 0 Å². The van der Waals surface area contributed by atoms with Gasteiger partial charge in [-0.1, -0.05) is 15.9 Å². The molecule has 3 rings (SSSR count). The Hall–Kier alpha value is -2.42. The molecular formula is C10H5BrN4O4. The van der Waals surface area contributed by atoms with Crippen LogP contribution in [0.15, 0.2) is 32.0 Å². The molecule has 2 N–H and O–H groups in total. The minimum absolute atomic E-state index is 0.0728. The van der Waals surface area contributed by atoms with Gasteiger partial charge in [-0.15, -0.1) is 5.10 Å². The van der Waals surface area contributed by atoms with E-state index >= 15 is 0 Å². The second-order valence-electron chi connectivity index (χ2n) is 3.73. The third-order valence-corrected chi connectivity index (χ3v) is 3.06. The van der Waals surface area contributed by atoms with E-state index in [9.17, 15) is 14.9 Å². The Labute approximate surface area is 112 Å². The SMILES string of the molecule is O=c1[nH]nc(-c2c[nH]c3c([N+](=O)[O-])cc(Br)cc23)o1. The molecule has 0 saturated heterocycles. The summed E-state index contributed by atoms with van der Waals surface area (Å²) in [7, 11) is 0. The predicted molar refractivity (Wildman–Crippen MR) is 68.8 cm³/mol. The van der Waals surface area contributed by atoms with Crippen molar-refractivity contribution in [1.29, 1.82) is 0 Å². The first-order chi connectivity index (χ1) is 9.06. The molecule has 0 atom stereocenters. The molecule has 0 unspecified atom stereocenters. The number of non-ortho nitro benzene ring substituents is 1. The minimum Gasteiger partial charge on any atom is -0.388 e. The monoisotopic (exact) mass is 324 g/mol. The fourth-order valence-electron chi connectivity index (χ4n) is 1.84. The zero-order valence-corrected chi connectivity index (χ0v) is 10.7. The first-order valence-corrected chi connectivity index (χ1v) is 5.86. The molecule has 0 amide bonds. The fourth-order valence-corrected chi connectivity index (χ4v) is 2.29. The van der Waals surface area contributed by atoms with Crippen LogP contribution in [0.5, 0.6) is 0 Å². The summed E-state index contributed by atoms with van der Waals surface area (Å²) in [5.41, 5.74) is 0.736. The molecule has 0 radical (unpaired) electrons. The first-order valence-electron chi connectivity index (χ1n) is 5.07. The number of hydrogen-bond donors (Lipinski definition) is 2. The number of nitrogens with zero attached hydrogens (tertiary/aromatic N) is 2. The van der Waals surface area contributed by atoms with Gasteiger partial charge >= 0.3 is 5.76 Å². The number of aromatic amines is 2. The van der Waals surface area contributed by atoms with Gasteiger partial charge in [-0.05, 0) is 6.07 Å². The highest BCUT2D eigenvalue weighted by molar-refractivity contribution is 9.10. The lowest BCUT2D eigenvalue weighted by atomic mass is 10.1. The van der Waals surface area contributed by atoms with Crippen molar-refractivity contribution in [3.05, 3.63) is 43.5 Å². The average molecular weight is 325 g/mol. The van der Waals surface area contributed by atoms with E-state index in [1.165, 1.54) is 12.3 Å². The average Bonchev–Trinajstić information content (AvgIpc) is 2.93. The maximum absolute atomic E-state index is 11.0. The van der Waals surface area contributed by atoms with E-state index in [2.05, 4.69) is 31.1 Å². The summed E-state index contributed by atoms with van der Waals surface area (Å²) in [6.45, 7) is 0. The summed E-state index contributed by atoms with van der Waals surface area (Å²) in [6, 6.07) is 3.08. The van der Waals surface area contributed by atoms with Crippen molar-refractivity contribution in [2.45, 2.75) is 0 Å². The normalized spacial score (nSPS) is 11.0. The van der Waals surface area contributed by atoms with Gasteiger partial charge in [-0.2, -0.15) is 0 Å². The van der Waals surface area contributed by atoms with Crippen LogP contribution in [0, 0.1) is 10.1 Å². The predicted octanol–water partition coefficient (Wildman–Crippen LogP) is 2.18. The van der Waals surface area contributed by atoms with Gasteiger partial charge < -0.3 is 9.40 Å². The van der Waals surface area contributed by atoms with Crippen molar-refractivity contribution >= 4 is 32.5 Å². The summed E-state index contributed by atoms with van der Waals surface area (Å²) in [6.07, 6.45) is 1.50. The van der Waals surface area contributed by atoms with Gasteiger partial charge in [0.15, 0.2) is 0 Å². The molecule has 0 saturated carbocycles. The van der Waals surface area contributed by atoms with E-state index in [1.54, 1.807) is 6.07 Å². The van der Waals surface area contributed by atoms with Crippen molar-refractivity contribution in [3.8, 4) is 11.5 Å².